The van der Waals surface area contributed by atoms with Gasteiger partial charge in [0.1, 0.15) is 11.8 Å². The third-order valence-corrected chi connectivity index (χ3v) is 2.05. The maximum atomic E-state index is 10.7. The third-order valence-electron chi connectivity index (χ3n) is 2.05. The zero-order chi connectivity index (χ0) is 13.0. The number of carbonyl (C=O) groups is 1. The number of hydrogen-bond donors (Lipinski definition) is 1. The van der Waals surface area contributed by atoms with Crippen LogP contribution in [0.25, 0.3) is 0 Å². The summed E-state index contributed by atoms with van der Waals surface area (Å²) in [6.45, 7) is 0. The van der Waals surface area contributed by atoms with E-state index in [1.165, 1.54) is 6.20 Å². The van der Waals surface area contributed by atoms with Gasteiger partial charge in [-0.05, 0) is 12.1 Å². The van der Waals surface area contributed by atoms with Gasteiger partial charge < -0.3 is 9.84 Å². The number of aromatic carboxylic acids is 1. The van der Waals surface area contributed by atoms with E-state index in [2.05, 4.69) is 9.97 Å². The van der Waals surface area contributed by atoms with Gasteiger partial charge >= 0.3 is 5.97 Å². The molecule has 0 aliphatic rings. The van der Waals surface area contributed by atoms with E-state index in [1.54, 1.807) is 24.3 Å². The predicted octanol–water partition coefficient (Wildman–Crippen LogP) is 1.84. The molecule has 0 aliphatic heterocycles. The molecule has 0 radical (unpaired) electrons. The number of aromatic nitrogens is 2. The number of para-hydroxylation sites is 1. The number of nitrogens with zero attached hydrogens (tertiary/aromatic N) is 3. The molecule has 0 amide bonds. The van der Waals surface area contributed by atoms with Crippen molar-refractivity contribution in [3.63, 3.8) is 0 Å². The van der Waals surface area contributed by atoms with Gasteiger partial charge in [0.15, 0.2) is 5.69 Å². The standard InChI is InChI=1S/C12H7N3O3/c13-5-8-3-1-2-4-10(8)18-11-7-14-6-9(15-11)12(16)17/h1-4,6-7H,(H,16,17). The molecule has 1 aromatic carbocycles. The highest BCUT2D eigenvalue weighted by molar-refractivity contribution is 5.84. The lowest BCUT2D eigenvalue weighted by Crippen LogP contribution is -2.02. The summed E-state index contributed by atoms with van der Waals surface area (Å²) < 4.78 is 5.33. The fraction of sp³-hybridized carbons (Fsp3) is 0. The molecule has 0 saturated heterocycles. The van der Waals surface area contributed by atoms with Gasteiger partial charge in [-0.3, -0.25) is 4.98 Å². The molecule has 0 spiro atoms. The second-order valence-electron chi connectivity index (χ2n) is 3.26. The number of nitriles is 1. The first-order valence-electron chi connectivity index (χ1n) is 4.93. The number of rotatable bonds is 3. The Balaban J connectivity index is 2.32. The summed E-state index contributed by atoms with van der Waals surface area (Å²) in [4.78, 5) is 18.2. The van der Waals surface area contributed by atoms with Crippen molar-refractivity contribution in [1.29, 1.82) is 5.26 Å². The average Bonchev–Trinajstić information content (AvgIpc) is 2.39. The van der Waals surface area contributed by atoms with Crippen LogP contribution in [0.15, 0.2) is 36.7 Å². The minimum absolute atomic E-state index is 0.0256. The first-order valence-corrected chi connectivity index (χ1v) is 4.93. The molecular formula is C12H7N3O3. The van der Waals surface area contributed by atoms with E-state index >= 15 is 0 Å². The van der Waals surface area contributed by atoms with E-state index in [1.807, 2.05) is 6.07 Å². The third kappa shape index (κ3) is 2.41. The first kappa shape index (κ1) is 11.5. The van der Waals surface area contributed by atoms with Gasteiger partial charge in [-0.15, -0.1) is 0 Å². The average molecular weight is 241 g/mol. The Kier molecular flexibility index (Phi) is 3.16. The first-order chi connectivity index (χ1) is 8.70. The van der Waals surface area contributed by atoms with Crippen molar-refractivity contribution in [3.05, 3.63) is 47.9 Å². The van der Waals surface area contributed by atoms with E-state index in [-0.39, 0.29) is 11.6 Å². The molecule has 2 rings (SSSR count). The number of ether oxygens (including phenoxy) is 1. The fourth-order valence-corrected chi connectivity index (χ4v) is 1.26. The van der Waals surface area contributed by atoms with E-state index in [0.717, 1.165) is 6.20 Å². The highest BCUT2D eigenvalue weighted by Crippen LogP contribution is 2.22. The van der Waals surface area contributed by atoms with Crippen molar-refractivity contribution in [3.8, 4) is 17.7 Å². The summed E-state index contributed by atoms with van der Waals surface area (Å²) in [5, 5.41) is 17.6. The van der Waals surface area contributed by atoms with Gasteiger partial charge in [-0.1, -0.05) is 12.1 Å². The van der Waals surface area contributed by atoms with Crippen molar-refractivity contribution in [2.45, 2.75) is 0 Å². The Bertz CT molecular complexity index is 634. The maximum absolute atomic E-state index is 10.7. The van der Waals surface area contributed by atoms with Crippen LogP contribution in [-0.4, -0.2) is 21.0 Å². The predicted molar refractivity (Wildman–Crippen MR) is 60.2 cm³/mol. The summed E-state index contributed by atoms with van der Waals surface area (Å²) >= 11 is 0. The molecule has 0 bridgehead atoms. The lowest BCUT2D eigenvalue weighted by atomic mass is 10.2. The molecule has 0 saturated carbocycles. The number of carboxylic acids is 1. The summed E-state index contributed by atoms with van der Waals surface area (Å²) in [6.07, 6.45) is 2.39. The molecule has 0 atom stereocenters. The monoisotopic (exact) mass is 241 g/mol. The van der Waals surface area contributed by atoms with Gasteiger partial charge in [-0.2, -0.15) is 5.26 Å². The lowest BCUT2D eigenvalue weighted by molar-refractivity contribution is 0.0689. The molecule has 6 heteroatoms. The minimum Gasteiger partial charge on any atom is -0.476 e. The van der Waals surface area contributed by atoms with Crippen molar-refractivity contribution in [1.82, 2.24) is 9.97 Å². The molecule has 0 fully saturated rings. The zero-order valence-electron chi connectivity index (χ0n) is 9.07. The van der Waals surface area contributed by atoms with Crippen LogP contribution in [0.1, 0.15) is 16.1 Å². The Labute approximate surface area is 102 Å². The maximum Gasteiger partial charge on any atom is 0.356 e. The van der Waals surface area contributed by atoms with Crippen molar-refractivity contribution in [2.24, 2.45) is 0 Å². The zero-order valence-corrected chi connectivity index (χ0v) is 9.07. The molecule has 1 aromatic heterocycles. The summed E-state index contributed by atoms with van der Waals surface area (Å²) in [7, 11) is 0. The van der Waals surface area contributed by atoms with Crippen LogP contribution in [0, 0.1) is 11.3 Å². The molecule has 2 aromatic rings. The number of carboxylic acid groups (broad SMARTS) is 1. The Morgan fingerprint density at radius 2 is 2.11 bits per heavy atom. The van der Waals surface area contributed by atoms with Crippen molar-refractivity contribution >= 4 is 5.97 Å². The SMILES string of the molecule is N#Cc1ccccc1Oc1cncc(C(=O)O)n1. The van der Waals surface area contributed by atoms with Gasteiger partial charge in [0.05, 0.1) is 18.0 Å². The highest BCUT2D eigenvalue weighted by atomic mass is 16.5. The summed E-state index contributed by atoms with van der Waals surface area (Å²) in [6, 6.07) is 8.54. The second kappa shape index (κ2) is 4.93. The van der Waals surface area contributed by atoms with Crippen LogP contribution < -0.4 is 4.74 Å². The van der Waals surface area contributed by atoms with Crippen LogP contribution in [0.4, 0.5) is 0 Å². The number of benzene rings is 1. The van der Waals surface area contributed by atoms with Crippen LogP contribution >= 0.6 is 0 Å². The van der Waals surface area contributed by atoms with Crippen LogP contribution in [0.5, 0.6) is 11.6 Å². The van der Waals surface area contributed by atoms with E-state index in [0.29, 0.717) is 11.3 Å². The number of hydrogen-bond acceptors (Lipinski definition) is 5. The van der Waals surface area contributed by atoms with E-state index in [4.69, 9.17) is 15.1 Å². The highest BCUT2D eigenvalue weighted by Gasteiger charge is 2.09. The molecule has 1 N–H and O–H groups in total. The summed E-state index contributed by atoms with van der Waals surface area (Å²) in [5.41, 5.74) is 0.113. The normalized spacial score (nSPS) is 9.50. The largest absolute Gasteiger partial charge is 0.476 e. The molecule has 1 heterocycles. The Hall–Kier alpha value is -2.94. The van der Waals surface area contributed by atoms with Crippen molar-refractivity contribution in [2.75, 3.05) is 0 Å². The fourth-order valence-electron chi connectivity index (χ4n) is 1.26. The molecular weight excluding hydrogens is 234 g/mol. The quantitative estimate of drug-likeness (QED) is 0.880. The smallest absolute Gasteiger partial charge is 0.356 e. The molecule has 18 heavy (non-hydrogen) atoms. The van der Waals surface area contributed by atoms with Crippen LogP contribution in [0.2, 0.25) is 0 Å². The molecule has 0 unspecified atom stereocenters. The molecule has 0 aliphatic carbocycles. The van der Waals surface area contributed by atoms with E-state index < -0.39 is 5.97 Å². The Morgan fingerprint density at radius 1 is 1.33 bits per heavy atom. The topological polar surface area (TPSA) is 96.1 Å². The van der Waals surface area contributed by atoms with Crippen LogP contribution in [-0.2, 0) is 0 Å². The van der Waals surface area contributed by atoms with Gasteiger partial charge in [0.25, 0.3) is 0 Å². The van der Waals surface area contributed by atoms with Gasteiger partial charge in [0, 0.05) is 0 Å². The van der Waals surface area contributed by atoms with Gasteiger partial charge in [-0.25, -0.2) is 9.78 Å². The van der Waals surface area contributed by atoms with Crippen LogP contribution in [0.3, 0.4) is 0 Å². The minimum atomic E-state index is -1.19. The molecule has 6 nitrogen and oxygen atoms in total. The Morgan fingerprint density at radius 3 is 2.83 bits per heavy atom. The van der Waals surface area contributed by atoms with Gasteiger partial charge in [0.2, 0.25) is 5.88 Å². The second-order valence-corrected chi connectivity index (χ2v) is 3.26. The lowest BCUT2D eigenvalue weighted by Gasteiger charge is -2.05. The molecule has 88 valence electrons. The van der Waals surface area contributed by atoms with E-state index in [9.17, 15) is 4.79 Å². The summed E-state index contributed by atoms with van der Waals surface area (Å²) in [5.74, 6) is -0.865. The van der Waals surface area contributed by atoms with Crippen molar-refractivity contribution < 1.29 is 14.6 Å².